The summed E-state index contributed by atoms with van der Waals surface area (Å²) < 4.78 is 0.823. The van der Waals surface area contributed by atoms with E-state index in [1.54, 1.807) is 0 Å². The fourth-order valence-electron chi connectivity index (χ4n) is 2.68. The van der Waals surface area contributed by atoms with Crippen molar-refractivity contribution < 1.29 is 0 Å². The molecule has 0 saturated carbocycles. The standard InChI is InChI=1S/C16H14BrCl2N/c17-13-7-8-14(16(19)15(13)18)20-12-6-5-10-3-1-2-4-11(10)9-12/h1-4,7-8,12,20H,5-6,9H2. The van der Waals surface area contributed by atoms with Crippen molar-refractivity contribution in [2.24, 2.45) is 0 Å². The maximum Gasteiger partial charge on any atom is 0.0835 e. The van der Waals surface area contributed by atoms with Gasteiger partial charge < -0.3 is 5.32 Å². The maximum absolute atomic E-state index is 6.29. The first-order valence-electron chi connectivity index (χ1n) is 6.62. The monoisotopic (exact) mass is 369 g/mol. The third kappa shape index (κ3) is 2.83. The largest absolute Gasteiger partial charge is 0.381 e. The lowest BCUT2D eigenvalue weighted by atomic mass is 9.88. The van der Waals surface area contributed by atoms with E-state index >= 15 is 0 Å². The van der Waals surface area contributed by atoms with Crippen LogP contribution in [0.1, 0.15) is 17.5 Å². The summed E-state index contributed by atoms with van der Waals surface area (Å²) in [5.41, 5.74) is 3.80. The Morgan fingerprint density at radius 3 is 2.55 bits per heavy atom. The average molecular weight is 371 g/mol. The molecule has 0 aromatic heterocycles. The Kier molecular flexibility index (Phi) is 4.25. The lowest BCUT2D eigenvalue weighted by Gasteiger charge is -2.27. The molecule has 1 N–H and O–H groups in total. The van der Waals surface area contributed by atoms with E-state index in [4.69, 9.17) is 23.2 Å². The number of hydrogen-bond acceptors (Lipinski definition) is 1. The van der Waals surface area contributed by atoms with Crippen LogP contribution in [-0.2, 0) is 12.8 Å². The number of aryl methyl sites for hydroxylation is 1. The molecule has 104 valence electrons. The number of hydrogen-bond donors (Lipinski definition) is 1. The van der Waals surface area contributed by atoms with Crippen molar-refractivity contribution in [3.63, 3.8) is 0 Å². The van der Waals surface area contributed by atoms with Gasteiger partial charge in [0.05, 0.1) is 15.7 Å². The van der Waals surface area contributed by atoms with Crippen molar-refractivity contribution in [1.82, 2.24) is 0 Å². The summed E-state index contributed by atoms with van der Waals surface area (Å²) in [5.74, 6) is 0. The fourth-order valence-corrected chi connectivity index (χ4v) is 3.51. The fraction of sp³-hybridized carbons (Fsp3) is 0.250. The second-order valence-corrected chi connectivity index (χ2v) is 6.69. The van der Waals surface area contributed by atoms with Crippen LogP contribution in [0, 0.1) is 0 Å². The van der Waals surface area contributed by atoms with Crippen molar-refractivity contribution in [2.45, 2.75) is 25.3 Å². The lowest BCUT2D eigenvalue weighted by molar-refractivity contribution is 0.611. The molecule has 0 aliphatic heterocycles. The molecular weight excluding hydrogens is 357 g/mol. The molecule has 1 nitrogen and oxygen atoms in total. The van der Waals surface area contributed by atoms with E-state index in [-0.39, 0.29) is 0 Å². The van der Waals surface area contributed by atoms with E-state index in [0.717, 1.165) is 29.4 Å². The topological polar surface area (TPSA) is 12.0 Å². The normalized spacial score (nSPS) is 17.6. The van der Waals surface area contributed by atoms with Gasteiger partial charge in [0.25, 0.3) is 0 Å². The van der Waals surface area contributed by atoms with E-state index in [9.17, 15) is 0 Å². The summed E-state index contributed by atoms with van der Waals surface area (Å²) in [4.78, 5) is 0. The molecule has 1 unspecified atom stereocenters. The van der Waals surface area contributed by atoms with Crippen molar-refractivity contribution in [2.75, 3.05) is 5.32 Å². The van der Waals surface area contributed by atoms with Crippen molar-refractivity contribution >= 4 is 44.8 Å². The van der Waals surface area contributed by atoms with Gasteiger partial charge in [0.2, 0.25) is 0 Å². The molecule has 2 aromatic rings. The molecule has 4 heteroatoms. The smallest absolute Gasteiger partial charge is 0.0835 e. The molecule has 1 atom stereocenters. The van der Waals surface area contributed by atoms with Gasteiger partial charge in [0, 0.05) is 10.5 Å². The van der Waals surface area contributed by atoms with Crippen LogP contribution < -0.4 is 5.32 Å². The highest BCUT2D eigenvalue weighted by atomic mass is 79.9. The summed E-state index contributed by atoms with van der Waals surface area (Å²) in [6.45, 7) is 0. The molecule has 1 aliphatic rings. The van der Waals surface area contributed by atoms with Gasteiger partial charge in [0.15, 0.2) is 0 Å². The predicted octanol–water partition coefficient (Wildman–Crippen LogP) is 5.73. The molecule has 0 spiro atoms. The lowest BCUT2D eigenvalue weighted by Crippen LogP contribution is -2.27. The minimum Gasteiger partial charge on any atom is -0.381 e. The third-order valence-corrected chi connectivity index (χ3v) is 5.51. The van der Waals surface area contributed by atoms with Crippen LogP contribution in [0.15, 0.2) is 40.9 Å². The first-order chi connectivity index (χ1) is 9.65. The van der Waals surface area contributed by atoms with E-state index in [2.05, 4.69) is 45.5 Å². The van der Waals surface area contributed by atoms with Gasteiger partial charge >= 0.3 is 0 Å². The van der Waals surface area contributed by atoms with Crippen LogP contribution in [0.5, 0.6) is 0 Å². The maximum atomic E-state index is 6.29. The minimum atomic E-state index is 0.402. The molecule has 3 rings (SSSR count). The molecule has 0 bridgehead atoms. The molecular formula is C16H14BrCl2N. The zero-order chi connectivity index (χ0) is 14.1. The second-order valence-electron chi connectivity index (χ2n) is 5.08. The van der Waals surface area contributed by atoms with Crippen LogP contribution in [0.2, 0.25) is 10.0 Å². The number of nitrogens with one attached hydrogen (secondary N) is 1. The summed E-state index contributed by atoms with van der Waals surface area (Å²) in [5, 5.41) is 4.67. The Morgan fingerprint density at radius 2 is 1.75 bits per heavy atom. The van der Waals surface area contributed by atoms with Crippen molar-refractivity contribution in [3.8, 4) is 0 Å². The highest BCUT2D eigenvalue weighted by molar-refractivity contribution is 9.10. The summed E-state index contributed by atoms with van der Waals surface area (Å²) >= 11 is 15.8. The van der Waals surface area contributed by atoms with Crippen molar-refractivity contribution in [1.29, 1.82) is 0 Å². The van der Waals surface area contributed by atoms with Gasteiger partial charge in [-0.1, -0.05) is 47.5 Å². The van der Waals surface area contributed by atoms with E-state index < -0.39 is 0 Å². The van der Waals surface area contributed by atoms with Gasteiger partial charge in [-0.2, -0.15) is 0 Å². The van der Waals surface area contributed by atoms with Crippen LogP contribution >= 0.6 is 39.1 Å². The van der Waals surface area contributed by atoms with Crippen molar-refractivity contribution in [3.05, 3.63) is 62.0 Å². The molecule has 0 saturated heterocycles. The number of fused-ring (bicyclic) bond motifs is 1. The Balaban J connectivity index is 1.79. The average Bonchev–Trinajstić information content (AvgIpc) is 2.48. The van der Waals surface area contributed by atoms with Gasteiger partial charge in [-0.05, 0) is 58.5 Å². The SMILES string of the molecule is Clc1c(Br)ccc(NC2CCc3ccccc3C2)c1Cl. The van der Waals surface area contributed by atoms with Crippen LogP contribution in [0.3, 0.4) is 0 Å². The Hall–Kier alpha value is -0.700. The second kappa shape index (κ2) is 5.97. The molecule has 0 heterocycles. The van der Waals surface area contributed by atoms with Crippen LogP contribution in [-0.4, -0.2) is 6.04 Å². The quantitative estimate of drug-likeness (QED) is 0.666. The van der Waals surface area contributed by atoms with E-state index in [0.29, 0.717) is 16.1 Å². The minimum absolute atomic E-state index is 0.402. The molecule has 0 radical (unpaired) electrons. The van der Waals surface area contributed by atoms with E-state index in [1.807, 2.05) is 12.1 Å². The first kappa shape index (κ1) is 14.2. The highest BCUT2D eigenvalue weighted by Crippen LogP contribution is 2.37. The molecule has 1 aliphatic carbocycles. The number of anilines is 1. The molecule has 20 heavy (non-hydrogen) atoms. The third-order valence-electron chi connectivity index (χ3n) is 3.74. The number of halogens is 3. The van der Waals surface area contributed by atoms with E-state index in [1.165, 1.54) is 11.1 Å². The zero-order valence-corrected chi connectivity index (χ0v) is 13.9. The first-order valence-corrected chi connectivity index (χ1v) is 8.17. The molecule has 0 amide bonds. The Morgan fingerprint density at radius 1 is 1.00 bits per heavy atom. The van der Waals surface area contributed by atoms with Crippen LogP contribution in [0.25, 0.3) is 0 Å². The highest BCUT2D eigenvalue weighted by Gasteiger charge is 2.19. The summed E-state index contributed by atoms with van der Waals surface area (Å²) in [7, 11) is 0. The van der Waals surface area contributed by atoms with Gasteiger partial charge in [-0.25, -0.2) is 0 Å². The zero-order valence-electron chi connectivity index (χ0n) is 10.8. The summed E-state index contributed by atoms with van der Waals surface area (Å²) in [6.07, 6.45) is 3.25. The van der Waals surface area contributed by atoms with Crippen LogP contribution in [0.4, 0.5) is 5.69 Å². The number of rotatable bonds is 2. The Bertz CT molecular complexity index is 642. The van der Waals surface area contributed by atoms with Gasteiger partial charge in [0.1, 0.15) is 0 Å². The van der Waals surface area contributed by atoms with Gasteiger partial charge in [-0.15, -0.1) is 0 Å². The Labute approximate surface area is 137 Å². The number of benzene rings is 2. The van der Waals surface area contributed by atoms with Gasteiger partial charge in [-0.3, -0.25) is 0 Å². The molecule has 0 fully saturated rings. The predicted molar refractivity (Wildman–Crippen MR) is 90.0 cm³/mol. The summed E-state index contributed by atoms with van der Waals surface area (Å²) in [6, 6.07) is 12.9. The molecule has 2 aromatic carbocycles.